The van der Waals surface area contributed by atoms with Crippen molar-refractivity contribution in [1.29, 1.82) is 0 Å². The van der Waals surface area contributed by atoms with Crippen LogP contribution in [0.2, 0.25) is 0 Å². The van der Waals surface area contributed by atoms with Gasteiger partial charge in [0, 0.05) is 19.3 Å². The van der Waals surface area contributed by atoms with Gasteiger partial charge in [-0.3, -0.25) is 9.59 Å². The number of hydrogen-bond acceptors (Lipinski definition) is 6. The first-order valence-electron chi connectivity index (χ1n) is 24.2. The Hall–Kier alpha value is -2.71. The smallest absolute Gasteiger partial charge is 0.362 e. The van der Waals surface area contributed by atoms with Gasteiger partial charge in [0.15, 0.2) is 12.1 Å². The molecule has 0 aromatic carbocycles. The fourth-order valence-corrected chi connectivity index (χ4v) is 6.98. The summed E-state index contributed by atoms with van der Waals surface area (Å²) in [5.41, 5.74) is 0. The van der Waals surface area contributed by atoms with Crippen LogP contribution in [0.25, 0.3) is 0 Å². The highest BCUT2D eigenvalue weighted by atomic mass is 16.6. The summed E-state index contributed by atoms with van der Waals surface area (Å²) in [6, 6.07) is -0.617. The molecule has 8 heteroatoms. The lowest BCUT2D eigenvalue weighted by Crippen LogP contribution is -2.50. The number of aliphatic carboxylic acids is 1. The molecule has 0 amide bonds. The van der Waals surface area contributed by atoms with E-state index in [1.807, 2.05) is 21.1 Å². The Morgan fingerprint density at radius 2 is 0.949 bits per heavy atom. The summed E-state index contributed by atoms with van der Waals surface area (Å²) in [5.74, 6) is -1.49. The summed E-state index contributed by atoms with van der Waals surface area (Å²) in [4.78, 5) is 37.1. The van der Waals surface area contributed by atoms with Gasteiger partial charge in [0.2, 0.25) is 0 Å². The summed E-state index contributed by atoms with van der Waals surface area (Å²) in [5, 5.41) is 9.63. The maximum atomic E-state index is 12.7. The Balaban J connectivity index is 4.26. The zero-order chi connectivity index (χ0) is 43.5. The number of nitrogens with zero attached hydrogens (tertiary/aromatic N) is 1. The number of carboxylic acid groups (broad SMARTS) is 1. The van der Waals surface area contributed by atoms with Crippen LogP contribution in [0.15, 0.2) is 48.6 Å². The minimum absolute atomic E-state index is 0.0548. The van der Waals surface area contributed by atoms with Gasteiger partial charge in [0.25, 0.3) is 0 Å². The Morgan fingerprint density at radius 1 is 0.525 bits per heavy atom. The van der Waals surface area contributed by atoms with E-state index in [2.05, 4.69) is 62.5 Å². The maximum Gasteiger partial charge on any atom is 0.362 e. The number of rotatable bonds is 43. The number of esters is 2. The molecule has 8 nitrogen and oxygen atoms in total. The number of carbonyl (C=O) groups is 3. The minimum atomic E-state index is -0.877. The third-order valence-electron chi connectivity index (χ3n) is 10.7. The molecule has 0 saturated heterocycles. The number of quaternary nitrogens is 1. The van der Waals surface area contributed by atoms with Gasteiger partial charge in [-0.15, -0.1) is 0 Å². The first-order chi connectivity index (χ1) is 28.6. The SMILES string of the molecule is CC/C=C/C/C=C/C/C=C/CCCCCCCCCCCCCC(=O)OCC(COCCC(C(=O)O)[N+](C)(C)C)OC(=O)CCCCC/C=C/CCCCCCCCC. The first kappa shape index (κ1) is 56.3. The molecule has 0 aliphatic carbocycles. The molecule has 1 N–H and O–H groups in total. The highest BCUT2D eigenvalue weighted by molar-refractivity contribution is 5.72. The summed E-state index contributed by atoms with van der Waals surface area (Å²) in [6.45, 7) is 4.62. The summed E-state index contributed by atoms with van der Waals surface area (Å²) in [7, 11) is 5.53. The molecule has 0 bridgehead atoms. The van der Waals surface area contributed by atoms with Gasteiger partial charge in [-0.1, -0.05) is 165 Å². The number of allylic oxidation sites excluding steroid dienone is 8. The average molecular weight is 831 g/mol. The summed E-state index contributed by atoms with van der Waals surface area (Å²) < 4.78 is 17.3. The van der Waals surface area contributed by atoms with Crippen LogP contribution in [0.4, 0.5) is 0 Å². The molecule has 342 valence electrons. The second-order valence-corrected chi connectivity index (χ2v) is 17.3. The second kappa shape index (κ2) is 42.0. The molecule has 0 aliphatic rings. The number of hydrogen-bond donors (Lipinski definition) is 1. The fourth-order valence-electron chi connectivity index (χ4n) is 6.98. The maximum absolute atomic E-state index is 12.7. The highest BCUT2D eigenvalue weighted by Gasteiger charge is 2.31. The molecule has 0 spiro atoms. The second-order valence-electron chi connectivity index (χ2n) is 17.3. The molecule has 0 aromatic rings. The van der Waals surface area contributed by atoms with Crippen LogP contribution in [0.1, 0.15) is 206 Å². The van der Waals surface area contributed by atoms with E-state index in [9.17, 15) is 19.5 Å². The van der Waals surface area contributed by atoms with Gasteiger partial charge >= 0.3 is 17.9 Å². The summed E-state index contributed by atoms with van der Waals surface area (Å²) >= 11 is 0. The lowest BCUT2D eigenvalue weighted by molar-refractivity contribution is -0.887. The van der Waals surface area contributed by atoms with Crippen molar-refractivity contribution < 1.29 is 38.2 Å². The first-order valence-corrected chi connectivity index (χ1v) is 24.2. The number of unbranched alkanes of at least 4 members (excludes halogenated alkanes) is 21. The molecule has 0 heterocycles. The van der Waals surface area contributed by atoms with Gasteiger partial charge in [-0.05, 0) is 70.6 Å². The molecule has 0 saturated carbocycles. The van der Waals surface area contributed by atoms with Crippen LogP contribution < -0.4 is 0 Å². The van der Waals surface area contributed by atoms with Crippen LogP contribution in [-0.2, 0) is 28.6 Å². The van der Waals surface area contributed by atoms with Crippen molar-refractivity contribution in [3.8, 4) is 0 Å². The Bertz CT molecular complexity index is 1110. The molecule has 0 aliphatic heterocycles. The monoisotopic (exact) mass is 831 g/mol. The average Bonchev–Trinajstić information content (AvgIpc) is 3.19. The Kier molecular flexibility index (Phi) is 40.1. The number of ether oxygens (including phenoxy) is 3. The fraction of sp³-hybridized carbons (Fsp3) is 0.784. The number of carbonyl (C=O) groups excluding carboxylic acids is 2. The lowest BCUT2D eigenvalue weighted by Gasteiger charge is -2.31. The van der Waals surface area contributed by atoms with Crippen molar-refractivity contribution in [2.45, 2.75) is 219 Å². The zero-order valence-corrected chi connectivity index (χ0v) is 39.0. The van der Waals surface area contributed by atoms with E-state index in [1.165, 1.54) is 103 Å². The van der Waals surface area contributed by atoms with E-state index in [1.54, 1.807) is 0 Å². The summed E-state index contributed by atoms with van der Waals surface area (Å²) in [6.07, 6.45) is 50.1. The largest absolute Gasteiger partial charge is 0.477 e. The van der Waals surface area contributed by atoms with E-state index >= 15 is 0 Å². The third kappa shape index (κ3) is 40.5. The van der Waals surface area contributed by atoms with Crippen LogP contribution in [0.5, 0.6) is 0 Å². The van der Waals surface area contributed by atoms with Crippen molar-refractivity contribution >= 4 is 17.9 Å². The van der Waals surface area contributed by atoms with E-state index < -0.39 is 18.1 Å². The van der Waals surface area contributed by atoms with Gasteiger partial charge in [-0.2, -0.15) is 0 Å². The van der Waals surface area contributed by atoms with E-state index in [0.29, 0.717) is 19.3 Å². The predicted octanol–water partition coefficient (Wildman–Crippen LogP) is 13.6. The Labute approximate surface area is 363 Å². The lowest BCUT2D eigenvalue weighted by atomic mass is 10.0. The van der Waals surface area contributed by atoms with Gasteiger partial charge in [0.1, 0.15) is 6.61 Å². The van der Waals surface area contributed by atoms with Gasteiger partial charge in [0.05, 0.1) is 34.4 Å². The molecule has 0 rings (SSSR count). The quantitative estimate of drug-likeness (QED) is 0.0283. The molecular weight excluding hydrogens is 739 g/mol. The van der Waals surface area contributed by atoms with Crippen molar-refractivity contribution in [1.82, 2.24) is 0 Å². The molecule has 0 fully saturated rings. The number of likely N-dealkylation sites (N-methyl/N-ethyl adjacent to an activating group) is 1. The molecule has 2 atom stereocenters. The molecule has 59 heavy (non-hydrogen) atoms. The van der Waals surface area contributed by atoms with Crippen LogP contribution >= 0.6 is 0 Å². The van der Waals surface area contributed by atoms with Gasteiger partial charge in [-0.25, -0.2) is 4.79 Å². The van der Waals surface area contributed by atoms with E-state index in [4.69, 9.17) is 14.2 Å². The van der Waals surface area contributed by atoms with Crippen molar-refractivity contribution in [3.63, 3.8) is 0 Å². The van der Waals surface area contributed by atoms with E-state index in [-0.39, 0.29) is 36.2 Å². The van der Waals surface area contributed by atoms with Crippen molar-refractivity contribution in [2.75, 3.05) is 41.0 Å². The van der Waals surface area contributed by atoms with Gasteiger partial charge < -0.3 is 23.8 Å². The van der Waals surface area contributed by atoms with Crippen LogP contribution in [0.3, 0.4) is 0 Å². The standard InChI is InChI=1S/C51H91NO7/c1-6-8-10-12-14-16-18-20-22-23-24-25-26-27-28-30-31-33-35-37-39-41-49(53)58-46-47(45-57-44-43-48(51(55)56)52(3,4)5)59-50(54)42-40-38-36-34-32-29-21-19-17-15-13-11-9-7-2/h8,10,14,16,20,22,29,32,47-48H,6-7,9,11-13,15,17-19,21,23-28,30-31,33-46H2,1-5H3/p+1/b10-8+,16-14+,22-20+,32-29+. The molecule has 2 unspecified atom stereocenters. The predicted molar refractivity (Wildman–Crippen MR) is 248 cm³/mol. The normalized spacial score (nSPS) is 13.3. The highest BCUT2D eigenvalue weighted by Crippen LogP contribution is 2.15. The minimum Gasteiger partial charge on any atom is -0.477 e. The topological polar surface area (TPSA) is 99.1 Å². The zero-order valence-electron chi connectivity index (χ0n) is 39.0. The van der Waals surface area contributed by atoms with Crippen molar-refractivity contribution in [2.24, 2.45) is 0 Å². The molecule has 0 radical (unpaired) electrons. The van der Waals surface area contributed by atoms with Crippen molar-refractivity contribution in [3.05, 3.63) is 48.6 Å². The van der Waals surface area contributed by atoms with E-state index in [0.717, 1.165) is 70.6 Å². The van der Waals surface area contributed by atoms with Crippen LogP contribution in [0, 0.1) is 0 Å². The Morgan fingerprint density at radius 3 is 1.44 bits per heavy atom. The number of carboxylic acids is 1. The van der Waals surface area contributed by atoms with Crippen LogP contribution in [-0.4, -0.2) is 80.6 Å². The third-order valence-corrected chi connectivity index (χ3v) is 10.7. The molecular formula is C51H92NO7+. The molecule has 0 aromatic heterocycles.